The van der Waals surface area contributed by atoms with Gasteiger partial charge in [-0.3, -0.25) is 4.68 Å². The van der Waals surface area contributed by atoms with Crippen LogP contribution < -0.4 is 0 Å². The molecular weight excluding hydrogens is 322 g/mol. The average molecular weight is 333 g/mol. The van der Waals surface area contributed by atoms with Crippen molar-refractivity contribution in [1.29, 1.82) is 0 Å². The Hall–Kier alpha value is -0.550. The lowest BCUT2D eigenvalue weighted by Crippen LogP contribution is -2.03. The summed E-state index contributed by atoms with van der Waals surface area (Å²) < 4.78 is 3.15. The maximum atomic E-state index is 5.94. The van der Waals surface area contributed by atoms with Crippen molar-refractivity contribution in [2.45, 2.75) is 13.5 Å². The van der Waals surface area contributed by atoms with Crippen molar-refractivity contribution in [3.63, 3.8) is 0 Å². The Kier molecular flexibility index (Phi) is 3.31. The van der Waals surface area contributed by atoms with E-state index in [0.717, 1.165) is 17.3 Å². The molecule has 1 heterocycles. The van der Waals surface area contributed by atoms with E-state index in [1.54, 1.807) is 6.20 Å². The largest absolute Gasteiger partial charge is 0.264 e. The monoisotopic (exact) mass is 332 g/mol. The zero-order valence-electron chi connectivity index (χ0n) is 8.24. The molecule has 0 aliphatic rings. The zero-order valence-corrected chi connectivity index (χ0v) is 11.2. The van der Waals surface area contributed by atoms with Crippen molar-refractivity contribution in [2.75, 3.05) is 0 Å². The molecule has 78 valence electrons. The summed E-state index contributed by atoms with van der Waals surface area (Å²) in [6.45, 7) is 2.75. The van der Waals surface area contributed by atoms with Crippen molar-refractivity contribution < 1.29 is 0 Å². The van der Waals surface area contributed by atoms with E-state index in [-0.39, 0.29) is 0 Å². The van der Waals surface area contributed by atoms with E-state index < -0.39 is 0 Å². The fraction of sp³-hybridized carbons (Fsp3) is 0.182. The van der Waals surface area contributed by atoms with Crippen molar-refractivity contribution in [3.8, 4) is 0 Å². The van der Waals surface area contributed by atoms with E-state index in [1.165, 1.54) is 9.13 Å². The highest BCUT2D eigenvalue weighted by Crippen LogP contribution is 2.15. The summed E-state index contributed by atoms with van der Waals surface area (Å²) in [5, 5.41) is 4.94. The molecule has 0 aliphatic carbocycles. The molecule has 1 aromatic heterocycles. The van der Waals surface area contributed by atoms with Gasteiger partial charge in [0.2, 0.25) is 0 Å². The third-order valence-corrected chi connectivity index (χ3v) is 3.38. The molecule has 0 radical (unpaired) electrons. The fourth-order valence-electron chi connectivity index (χ4n) is 1.35. The highest BCUT2D eigenvalue weighted by molar-refractivity contribution is 14.1. The van der Waals surface area contributed by atoms with E-state index >= 15 is 0 Å². The van der Waals surface area contributed by atoms with Gasteiger partial charge >= 0.3 is 0 Å². The molecule has 0 amide bonds. The van der Waals surface area contributed by atoms with Gasteiger partial charge in [-0.05, 0) is 47.2 Å². The molecule has 0 fully saturated rings. The van der Waals surface area contributed by atoms with Crippen LogP contribution in [-0.4, -0.2) is 9.78 Å². The van der Waals surface area contributed by atoms with Gasteiger partial charge in [-0.2, -0.15) is 5.10 Å². The normalized spacial score (nSPS) is 10.6. The molecule has 0 N–H and O–H groups in total. The van der Waals surface area contributed by atoms with E-state index in [1.807, 2.05) is 11.6 Å². The van der Waals surface area contributed by atoms with Crippen LogP contribution >= 0.6 is 34.2 Å². The number of nitrogens with zero attached hydrogens (tertiary/aromatic N) is 2. The number of rotatable bonds is 2. The van der Waals surface area contributed by atoms with Gasteiger partial charge in [-0.25, -0.2) is 0 Å². The maximum absolute atomic E-state index is 5.94. The van der Waals surface area contributed by atoms with E-state index in [2.05, 4.69) is 52.0 Å². The number of hydrogen-bond donors (Lipinski definition) is 0. The van der Waals surface area contributed by atoms with Crippen LogP contribution in [0.2, 0.25) is 5.02 Å². The van der Waals surface area contributed by atoms with Crippen LogP contribution in [0.3, 0.4) is 0 Å². The van der Waals surface area contributed by atoms with Gasteiger partial charge in [0, 0.05) is 3.57 Å². The first-order valence-electron chi connectivity index (χ1n) is 4.59. The summed E-state index contributed by atoms with van der Waals surface area (Å²) in [6, 6.07) is 8.40. The van der Waals surface area contributed by atoms with Crippen LogP contribution in [-0.2, 0) is 6.54 Å². The smallest absolute Gasteiger partial charge is 0.0815 e. The van der Waals surface area contributed by atoms with Crippen LogP contribution in [0, 0.1) is 10.5 Å². The highest BCUT2D eigenvalue weighted by Gasteiger charge is 2.03. The van der Waals surface area contributed by atoms with Crippen LogP contribution in [0.1, 0.15) is 11.3 Å². The van der Waals surface area contributed by atoms with Crippen LogP contribution in [0.5, 0.6) is 0 Å². The van der Waals surface area contributed by atoms with E-state index in [0.29, 0.717) is 0 Å². The van der Waals surface area contributed by atoms with Gasteiger partial charge in [0.15, 0.2) is 0 Å². The third-order valence-electron chi connectivity index (χ3n) is 2.29. The predicted octanol–water partition coefficient (Wildman–Crippen LogP) is 3.50. The molecule has 0 unspecified atom stereocenters. The van der Waals surface area contributed by atoms with Crippen LogP contribution in [0.4, 0.5) is 0 Å². The molecule has 0 saturated carbocycles. The lowest BCUT2D eigenvalue weighted by Gasteiger charge is -2.04. The van der Waals surface area contributed by atoms with Gasteiger partial charge in [0.25, 0.3) is 0 Å². The minimum atomic E-state index is 0.723. The van der Waals surface area contributed by atoms with Gasteiger partial charge < -0.3 is 0 Å². The van der Waals surface area contributed by atoms with Crippen molar-refractivity contribution >= 4 is 34.2 Å². The second-order valence-electron chi connectivity index (χ2n) is 3.36. The second-order valence-corrected chi connectivity index (χ2v) is 5.01. The number of aromatic nitrogens is 2. The number of hydrogen-bond acceptors (Lipinski definition) is 1. The minimum Gasteiger partial charge on any atom is -0.264 e. The molecule has 0 saturated heterocycles. The van der Waals surface area contributed by atoms with Crippen LogP contribution in [0.25, 0.3) is 0 Å². The molecule has 1 aromatic carbocycles. The predicted molar refractivity (Wildman–Crippen MR) is 70.2 cm³/mol. The molecule has 0 aliphatic heterocycles. The summed E-state index contributed by atoms with van der Waals surface area (Å²) in [4.78, 5) is 0. The summed E-state index contributed by atoms with van der Waals surface area (Å²) >= 11 is 8.23. The van der Waals surface area contributed by atoms with Gasteiger partial charge in [-0.15, -0.1) is 0 Å². The SMILES string of the molecule is Cc1c(Cl)cnn1Cc1ccc(I)cc1. The molecule has 0 bridgehead atoms. The molecule has 0 spiro atoms. The quantitative estimate of drug-likeness (QED) is 0.770. The van der Waals surface area contributed by atoms with Gasteiger partial charge in [0.05, 0.1) is 23.5 Å². The minimum absolute atomic E-state index is 0.723. The molecule has 0 atom stereocenters. The molecule has 2 rings (SSSR count). The highest BCUT2D eigenvalue weighted by atomic mass is 127. The van der Waals surface area contributed by atoms with E-state index in [9.17, 15) is 0 Å². The summed E-state index contributed by atoms with van der Waals surface area (Å²) in [7, 11) is 0. The summed E-state index contributed by atoms with van der Waals surface area (Å²) in [5.74, 6) is 0. The van der Waals surface area contributed by atoms with Crippen LogP contribution in [0.15, 0.2) is 30.5 Å². The third kappa shape index (κ3) is 2.52. The maximum Gasteiger partial charge on any atom is 0.0815 e. The number of benzene rings is 1. The average Bonchev–Trinajstić information content (AvgIpc) is 2.53. The Morgan fingerprint density at radius 2 is 2.00 bits per heavy atom. The van der Waals surface area contributed by atoms with Crippen molar-refractivity contribution in [1.82, 2.24) is 9.78 Å². The number of halogens is 2. The summed E-state index contributed by atoms with van der Waals surface area (Å²) in [6.07, 6.45) is 1.68. The lowest BCUT2D eigenvalue weighted by molar-refractivity contribution is 0.665. The van der Waals surface area contributed by atoms with Gasteiger partial charge in [0.1, 0.15) is 0 Å². The molecular formula is C11H10ClIN2. The Morgan fingerprint density at radius 3 is 2.53 bits per heavy atom. The summed E-state index contributed by atoms with van der Waals surface area (Å²) in [5.41, 5.74) is 2.24. The Bertz CT molecular complexity index is 462. The Labute approximate surface area is 107 Å². The van der Waals surface area contributed by atoms with Gasteiger partial charge in [-0.1, -0.05) is 23.7 Å². The standard InChI is InChI=1S/C11H10ClIN2/c1-8-11(12)6-14-15(8)7-9-2-4-10(13)5-3-9/h2-6H,7H2,1H3. The Balaban J connectivity index is 2.22. The zero-order chi connectivity index (χ0) is 10.8. The first-order valence-corrected chi connectivity index (χ1v) is 6.05. The van der Waals surface area contributed by atoms with E-state index in [4.69, 9.17) is 11.6 Å². The van der Waals surface area contributed by atoms with Crippen molar-refractivity contribution in [3.05, 3.63) is 50.3 Å². The lowest BCUT2D eigenvalue weighted by atomic mass is 10.2. The molecule has 4 heteroatoms. The Morgan fingerprint density at radius 1 is 1.33 bits per heavy atom. The fourth-order valence-corrected chi connectivity index (χ4v) is 1.85. The van der Waals surface area contributed by atoms with Crippen molar-refractivity contribution in [2.24, 2.45) is 0 Å². The molecule has 15 heavy (non-hydrogen) atoms. The molecule has 2 nitrogen and oxygen atoms in total. The first-order chi connectivity index (χ1) is 7.16. The second kappa shape index (κ2) is 4.53. The first kappa shape index (κ1) is 11.0. The molecule has 2 aromatic rings. The topological polar surface area (TPSA) is 17.8 Å².